The van der Waals surface area contributed by atoms with Crippen LogP contribution in [-0.2, 0) is 14.3 Å². The lowest BCUT2D eigenvalue weighted by atomic mass is 10.0. The van der Waals surface area contributed by atoms with Crippen LogP contribution in [0.15, 0.2) is 36.5 Å². The van der Waals surface area contributed by atoms with E-state index in [9.17, 15) is 19.8 Å². The Morgan fingerprint density at radius 1 is 0.351 bits per heavy atom. The van der Waals surface area contributed by atoms with Gasteiger partial charge in [-0.3, -0.25) is 9.59 Å². The molecule has 2 unspecified atom stereocenters. The Balaban J connectivity index is 3.32. The van der Waals surface area contributed by atoms with Crippen LogP contribution in [0.1, 0.15) is 380 Å². The Hall–Kier alpha value is -1.92. The first-order chi connectivity index (χ1) is 38.0. The van der Waals surface area contributed by atoms with E-state index >= 15 is 0 Å². The maximum Gasteiger partial charge on any atom is 0.305 e. The van der Waals surface area contributed by atoms with Crippen LogP contribution >= 0.6 is 0 Å². The highest BCUT2D eigenvalue weighted by atomic mass is 16.5. The first-order valence-corrected chi connectivity index (χ1v) is 34.8. The molecule has 0 aliphatic heterocycles. The Bertz CT molecular complexity index is 1250. The first-order valence-electron chi connectivity index (χ1n) is 34.8. The minimum Gasteiger partial charge on any atom is -0.466 e. The van der Waals surface area contributed by atoms with Gasteiger partial charge in [0.1, 0.15) is 0 Å². The summed E-state index contributed by atoms with van der Waals surface area (Å²) < 4.78 is 5.50. The van der Waals surface area contributed by atoms with Gasteiger partial charge in [0, 0.05) is 12.8 Å². The van der Waals surface area contributed by atoms with Crippen LogP contribution in [0, 0.1) is 0 Å². The molecule has 454 valence electrons. The summed E-state index contributed by atoms with van der Waals surface area (Å²) in [6.07, 6.45) is 85.3. The Labute approximate surface area is 481 Å². The molecule has 0 aliphatic carbocycles. The molecule has 0 aromatic carbocycles. The molecular formula is C71H135NO5. The number of ether oxygens (including phenoxy) is 1. The van der Waals surface area contributed by atoms with Gasteiger partial charge in [0.2, 0.25) is 5.91 Å². The van der Waals surface area contributed by atoms with Gasteiger partial charge in [-0.1, -0.05) is 320 Å². The highest BCUT2D eigenvalue weighted by Gasteiger charge is 2.18. The fourth-order valence-electron chi connectivity index (χ4n) is 10.8. The van der Waals surface area contributed by atoms with Crippen molar-refractivity contribution in [1.82, 2.24) is 5.32 Å². The highest BCUT2D eigenvalue weighted by Crippen LogP contribution is 2.18. The molecule has 0 fully saturated rings. The number of esters is 1. The zero-order valence-electron chi connectivity index (χ0n) is 52.0. The van der Waals surface area contributed by atoms with Crippen LogP contribution in [0.2, 0.25) is 0 Å². The van der Waals surface area contributed by atoms with Crippen molar-refractivity contribution >= 4 is 11.9 Å². The van der Waals surface area contributed by atoms with Crippen LogP contribution in [0.4, 0.5) is 0 Å². The van der Waals surface area contributed by atoms with E-state index in [4.69, 9.17) is 4.74 Å². The average Bonchev–Trinajstić information content (AvgIpc) is 3.43. The number of carbonyl (C=O) groups is 2. The van der Waals surface area contributed by atoms with Gasteiger partial charge in [-0.05, 0) is 83.5 Å². The van der Waals surface area contributed by atoms with Gasteiger partial charge in [0.05, 0.1) is 25.4 Å². The molecule has 0 heterocycles. The van der Waals surface area contributed by atoms with Gasteiger partial charge < -0.3 is 20.3 Å². The molecule has 1 amide bonds. The molecular weight excluding hydrogens is 947 g/mol. The van der Waals surface area contributed by atoms with Crippen molar-refractivity contribution in [2.45, 2.75) is 392 Å². The van der Waals surface area contributed by atoms with Crippen molar-refractivity contribution in [3.8, 4) is 0 Å². The topological polar surface area (TPSA) is 95.9 Å². The number of rotatable bonds is 65. The van der Waals surface area contributed by atoms with Gasteiger partial charge >= 0.3 is 5.97 Å². The van der Waals surface area contributed by atoms with Crippen LogP contribution in [-0.4, -0.2) is 47.4 Å². The number of hydrogen-bond acceptors (Lipinski definition) is 5. The number of hydrogen-bond donors (Lipinski definition) is 3. The molecule has 0 bridgehead atoms. The molecule has 6 heteroatoms. The van der Waals surface area contributed by atoms with Gasteiger partial charge in [0.25, 0.3) is 0 Å². The fraction of sp³-hybridized carbons (Fsp3) is 0.887. The lowest BCUT2D eigenvalue weighted by molar-refractivity contribution is -0.143. The molecule has 0 spiro atoms. The number of aliphatic hydroxyl groups excluding tert-OH is 2. The third-order valence-electron chi connectivity index (χ3n) is 16.1. The normalized spacial score (nSPS) is 12.7. The SMILES string of the molecule is CCCCCCCCC/C=C\CCCCCCCCCC(=O)OCCCCCCCCCCCCCC/C=C\CCCCCCCCCCCCCCCCCCCC(=O)NC(CO)C(O)/C=C/CCCCCCCCC. The second-order valence-corrected chi connectivity index (χ2v) is 23.9. The number of aliphatic hydroxyl groups is 2. The summed E-state index contributed by atoms with van der Waals surface area (Å²) in [6.45, 7) is 4.90. The highest BCUT2D eigenvalue weighted by molar-refractivity contribution is 5.76. The van der Waals surface area contributed by atoms with Crippen molar-refractivity contribution in [3.05, 3.63) is 36.5 Å². The number of unbranched alkanes of at least 4 members (excludes halogenated alkanes) is 50. The Morgan fingerprint density at radius 2 is 0.610 bits per heavy atom. The molecule has 0 radical (unpaired) electrons. The smallest absolute Gasteiger partial charge is 0.305 e. The van der Waals surface area contributed by atoms with E-state index in [1.54, 1.807) is 6.08 Å². The lowest BCUT2D eigenvalue weighted by Gasteiger charge is -2.20. The molecule has 0 rings (SSSR count). The zero-order chi connectivity index (χ0) is 55.7. The maximum absolute atomic E-state index is 12.4. The van der Waals surface area contributed by atoms with E-state index in [-0.39, 0.29) is 18.5 Å². The van der Waals surface area contributed by atoms with E-state index in [1.807, 2.05) is 6.08 Å². The minimum absolute atomic E-state index is 0.0157. The number of carbonyl (C=O) groups excluding carboxylic acids is 2. The number of allylic oxidation sites excluding steroid dienone is 5. The maximum atomic E-state index is 12.4. The van der Waals surface area contributed by atoms with Crippen LogP contribution in [0.5, 0.6) is 0 Å². The van der Waals surface area contributed by atoms with Gasteiger partial charge in [-0.25, -0.2) is 0 Å². The quantitative estimate of drug-likeness (QED) is 0.0320. The van der Waals surface area contributed by atoms with Gasteiger partial charge in [-0.2, -0.15) is 0 Å². The van der Waals surface area contributed by atoms with E-state index in [0.29, 0.717) is 19.4 Å². The monoisotopic (exact) mass is 1080 g/mol. The fourth-order valence-corrected chi connectivity index (χ4v) is 10.8. The molecule has 0 aromatic heterocycles. The predicted molar refractivity (Wildman–Crippen MR) is 338 cm³/mol. The predicted octanol–water partition coefficient (Wildman–Crippen LogP) is 22.3. The van der Waals surface area contributed by atoms with Crippen molar-refractivity contribution in [1.29, 1.82) is 0 Å². The molecule has 0 aliphatic rings. The second kappa shape index (κ2) is 66.6. The largest absolute Gasteiger partial charge is 0.466 e. The summed E-state index contributed by atoms with van der Waals surface area (Å²) in [4.78, 5) is 24.5. The lowest BCUT2D eigenvalue weighted by Crippen LogP contribution is -2.45. The summed E-state index contributed by atoms with van der Waals surface area (Å²) >= 11 is 0. The molecule has 3 N–H and O–H groups in total. The minimum atomic E-state index is -0.840. The molecule has 0 saturated heterocycles. The summed E-state index contributed by atoms with van der Waals surface area (Å²) in [5.41, 5.74) is 0. The summed E-state index contributed by atoms with van der Waals surface area (Å²) in [7, 11) is 0. The number of amides is 1. The average molecular weight is 1080 g/mol. The standard InChI is InChI=1S/C71H135NO5/c1-3-5-7-9-11-13-14-15-16-17-36-39-42-45-49-53-57-61-65-71(76)77-66-62-58-54-50-46-43-40-37-34-32-30-28-26-24-22-20-18-19-21-23-25-27-29-31-33-35-38-41-44-48-52-56-60-64-70(75)72-68(67-73)69(74)63-59-55-51-47-12-10-8-6-4-2/h16-17,22,24,59,63,68-69,73-74H,3-15,18-21,23,25-58,60-62,64-67H2,1-2H3,(H,72,75)/b17-16-,24-22-,63-59+. The van der Waals surface area contributed by atoms with Crippen molar-refractivity contribution in [2.24, 2.45) is 0 Å². The van der Waals surface area contributed by atoms with E-state index in [0.717, 1.165) is 44.9 Å². The van der Waals surface area contributed by atoms with E-state index < -0.39 is 12.1 Å². The van der Waals surface area contributed by atoms with E-state index in [2.05, 4.69) is 43.5 Å². The van der Waals surface area contributed by atoms with Crippen molar-refractivity contribution in [3.63, 3.8) is 0 Å². The van der Waals surface area contributed by atoms with Crippen molar-refractivity contribution in [2.75, 3.05) is 13.2 Å². The Kier molecular flexibility index (Phi) is 64.9. The van der Waals surface area contributed by atoms with E-state index in [1.165, 1.54) is 308 Å². The zero-order valence-corrected chi connectivity index (χ0v) is 52.0. The van der Waals surface area contributed by atoms with Gasteiger partial charge in [-0.15, -0.1) is 0 Å². The molecule has 6 nitrogen and oxygen atoms in total. The number of nitrogens with one attached hydrogen (secondary N) is 1. The molecule has 77 heavy (non-hydrogen) atoms. The summed E-state index contributed by atoms with van der Waals surface area (Å²) in [5.74, 6) is -0.0508. The van der Waals surface area contributed by atoms with Crippen molar-refractivity contribution < 1.29 is 24.5 Å². The molecule has 2 atom stereocenters. The third-order valence-corrected chi connectivity index (χ3v) is 16.1. The van der Waals surface area contributed by atoms with Gasteiger partial charge in [0.15, 0.2) is 0 Å². The molecule has 0 saturated carbocycles. The van der Waals surface area contributed by atoms with Crippen LogP contribution in [0.25, 0.3) is 0 Å². The van der Waals surface area contributed by atoms with Crippen LogP contribution < -0.4 is 5.32 Å². The first kappa shape index (κ1) is 75.1. The Morgan fingerprint density at radius 3 is 0.922 bits per heavy atom. The van der Waals surface area contributed by atoms with Crippen LogP contribution in [0.3, 0.4) is 0 Å². The molecule has 0 aromatic rings. The summed E-state index contributed by atoms with van der Waals surface area (Å²) in [5, 5.41) is 23.0. The third kappa shape index (κ3) is 63.1. The second-order valence-electron chi connectivity index (χ2n) is 23.9. The summed E-state index contributed by atoms with van der Waals surface area (Å²) in [6, 6.07) is -0.623.